The van der Waals surface area contributed by atoms with Gasteiger partial charge in [-0.1, -0.05) is 0 Å². The molecule has 0 aromatic carbocycles. The van der Waals surface area contributed by atoms with Crippen LogP contribution >= 0.6 is 0 Å². The highest BCUT2D eigenvalue weighted by Crippen LogP contribution is 2.30. The molecule has 0 radical (unpaired) electrons. The molecule has 4 heteroatoms. The van der Waals surface area contributed by atoms with Gasteiger partial charge in [0, 0.05) is 12.6 Å². The summed E-state index contributed by atoms with van der Waals surface area (Å²) < 4.78 is 11.5. The predicted molar refractivity (Wildman–Crippen MR) is 64.4 cm³/mol. The zero-order chi connectivity index (χ0) is 11.7. The number of ether oxygens (including phenoxy) is 1. The fourth-order valence-corrected chi connectivity index (χ4v) is 3.02. The highest BCUT2D eigenvalue weighted by molar-refractivity contribution is 5.07. The van der Waals surface area contributed by atoms with E-state index in [-0.39, 0.29) is 0 Å². The van der Waals surface area contributed by atoms with Crippen molar-refractivity contribution < 1.29 is 9.15 Å². The van der Waals surface area contributed by atoms with E-state index in [1.54, 1.807) is 0 Å². The fraction of sp³-hybridized carbons (Fsp3) is 0.692. The molecular weight excluding hydrogens is 216 g/mol. The minimum absolute atomic E-state index is 0.452. The standard InChI is InChI=1S/C13H20N2O2/c14-8-10-4-5-11(17-10)9-15-6-7-16-13-3-1-2-12(13)15/h4-5,12-13H,1-3,6-9,14H2. The van der Waals surface area contributed by atoms with E-state index in [0.717, 1.165) is 31.2 Å². The van der Waals surface area contributed by atoms with Crippen LogP contribution in [0, 0.1) is 0 Å². The molecule has 1 aliphatic heterocycles. The van der Waals surface area contributed by atoms with E-state index >= 15 is 0 Å². The number of hydrogen-bond donors (Lipinski definition) is 1. The van der Waals surface area contributed by atoms with E-state index in [4.69, 9.17) is 14.9 Å². The van der Waals surface area contributed by atoms with Crippen LogP contribution in [0.3, 0.4) is 0 Å². The first kappa shape index (κ1) is 11.3. The van der Waals surface area contributed by atoms with Gasteiger partial charge in [0.05, 0.1) is 25.8 Å². The summed E-state index contributed by atoms with van der Waals surface area (Å²) >= 11 is 0. The first-order chi connectivity index (χ1) is 8.36. The lowest BCUT2D eigenvalue weighted by Gasteiger charge is -2.37. The molecule has 0 amide bonds. The van der Waals surface area contributed by atoms with Gasteiger partial charge in [0.2, 0.25) is 0 Å². The zero-order valence-electron chi connectivity index (χ0n) is 10.1. The van der Waals surface area contributed by atoms with Crippen molar-refractivity contribution in [1.82, 2.24) is 4.90 Å². The first-order valence-electron chi connectivity index (χ1n) is 6.50. The van der Waals surface area contributed by atoms with Gasteiger partial charge in [-0.25, -0.2) is 0 Å². The fourth-order valence-electron chi connectivity index (χ4n) is 3.02. The SMILES string of the molecule is NCc1ccc(CN2CCOC3CCCC32)o1. The summed E-state index contributed by atoms with van der Waals surface area (Å²) in [5, 5.41) is 0. The summed E-state index contributed by atoms with van der Waals surface area (Å²) in [5.74, 6) is 1.90. The second-order valence-electron chi connectivity index (χ2n) is 4.95. The van der Waals surface area contributed by atoms with Gasteiger partial charge in [-0.3, -0.25) is 4.90 Å². The lowest BCUT2D eigenvalue weighted by Crippen LogP contribution is -2.47. The number of fused-ring (bicyclic) bond motifs is 1. The van der Waals surface area contributed by atoms with Crippen LogP contribution in [0.15, 0.2) is 16.5 Å². The second-order valence-corrected chi connectivity index (χ2v) is 4.95. The second kappa shape index (κ2) is 4.80. The Hall–Kier alpha value is -0.840. The Morgan fingerprint density at radius 3 is 3.00 bits per heavy atom. The van der Waals surface area contributed by atoms with E-state index in [1.807, 2.05) is 12.1 Å². The largest absolute Gasteiger partial charge is 0.463 e. The third kappa shape index (κ3) is 2.25. The molecule has 2 heterocycles. The van der Waals surface area contributed by atoms with Crippen molar-refractivity contribution in [3.63, 3.8) is 0 Å². The van der Waals surface area contributed by atoms with Crippen LogP contribution < -0.4 is 5.73 Å². The van der Waals surface area contributed by atoms with Gasteiger partial charge in [0.15, 0.2) is 0 Å². The maximum atomic E-state index is 5.80. The summed E-state index contributed by atoms with van der Waals surface area (Å²) in [4.78, 5) is 2.50. The topological polar surface area (TPSA) is 51.6 Å². The van der Waals surface area contributed by atoms with Gasteiger partial charge in [-0.15, -0.1) is 0 Å². The predicted octanol–water partition coefficient (Wildman–Crippen LogP) is 1.49. The number of hydrogen-bond acceptors (Lipinski definition) is 4. The summed E-state index contributed by atoms with van der Waals surface area (Å²) in [7, 11) is 0. The zero-order valence-corrected chi connectivity index (χ0v) is 10.1. The van der Waals surface area contributed by atoms with Crippen LogP contribution in [-0.2, 0) is 17.8 Å². The average Bonchev–Trinajstić information content (AvgIpc) is 2.97. The number of morpholine rings is 1. The molecule has 94 valence electrons. The lowest BCUT2D eigenvalue weighted by atomic mass is 10.1. The van der Waals surface area contributed by atoms with Gasteiger partial charge in [-0.2, -0.15) is 0 Å². The van der Waals surface area contributed by atoms with E-state index in [2.05, 4.69) is 4.90 Å². The summed E-state index contributed by atoms with van der Waals surface area (Å²) in [5.41, 5.74) is 5.55. The Balaban J connectivity index is 1.67. The lowest BCUT2D eigenvalue weighted by molar-refractivity contribution is -0.0607. The van der Waals surface area contributed by atoms with Crippen molar-refractivity contribution in [2.75, 3.05) is 13.2 Å². The van der Waals surface area contributed by atoms with Gasteiger partial charge in [-0.05, 0) is 31.4 Å². The van der Waals surface area contributed by atoms with Crippen LogP contribution in [0.2, 0.25) is 0 Å². The van der Waals surface area contributed by atoms with E-state index < -0.39 is 0 Å². The molecule has 0 spiro atoms. The van der Waals surface area contributed by atoms with Crippen molar-refractivity contribution in [3.05, 3.63) is 23.7 Å². The van der Waals surface area contributed by atoms with Gasteiger partial charge >= 0.3 is 0 Å². The monoisotopic (exact) mass is 236 g/mol. The molecular formula is C13H20N2O2. The van der Waals surface area contributed by atoms with Crippen molar-refractivity contribution in [2.45, 2.75) is 44.5 Å². The smallest absolute Gasteiger partial charge is 0.118 e. The molecule has 0 bridgehead atoms. The van der Waals surface area contributed by atoms with Gasteiger partial charge in [0.1, 0.15) is 11.5 Å². The Morgan fingerprint density at radius 2 is 2.18 bits per heavy atom. The highest BCUT2D eigenvalue weighted by atomic mass is 16.5. The Kier molecular flexibility index (Phi) is 3.18. The Labute approximate surface area is 102 Å². The molecule has 2 unspecified atom stereocenters. The van der Waals surface area contributed by atoms with Crippen molar-refractivity contribution in [1.29, 1.82) is 0 Å². The molecule has 2 aliphatic rings. The van der Waals surface area contributed by atoms with Crippen LogP contribution in [0.4, 0.5) is 0 Å². The Morgan fingerprint density at radius 1 is 1.29 bits per heavy atom. The minimum Gasteiger partial charge on any atom is -0.463 e. The van der Waals surface area contributed by atoms with E-state index in [1.165, 1.54) is 19.3 Å². The maximum Gasteiger partial charge on any atom is 0.118 e. The summed E-state index contributed by atoms with van der Waals surface area (Å²) in [6.07, 6.45) is 4.22. The maximum absolute atomic E-state index is 5.80. The third-order valence-corrected chi connectivity index (χ3v) is 3.87. The van der Waals surface area contributed by atoms with Crippen LogP contribution in [0.1, 0.15) is 30.8 Å². The molecule has 1 aliphatic carbocycles. The van der Waals surface area contributed by atoms with Crippen LogP contribution in [0.25, 0.3) is 0 Å². The number of nitrogens with zero attached hydrogens (tertiary/aromatic N) is 1. The van der Waals surface area contributed by atoms with Gasteiger partial charge < -0.3 is 14.9 Å². The summed E-state index contributed by atoms with van der Waals surface area (Å²) in [6.45, 7) is 3.24. The molecule has 2 N–H and O–H groups in total. The quantitative estimate of drug-likeness (QED) is 0.864. The molecule has 17 heavy (non-hydrogen) atoms. The molecule has 1 saturated carbocycles. The minimum atomic E-state index is 0.452. The highest BCUT2D eigenvalue weighted by Gasteiger charge is 2.36. The first-order valence-corrected chi connectivity index (χ1v) is 6.50. The molecule has 2 fully saturated rings. The number of nitrogens with two attached hydrogens (primary N) is 1. The van der Waals surface area contributed by atoms with Crippen molar-refractivity contribution >= 4 is 0 Å². The Bertz CT molecular complexity index is 377. The van der Waals surface area contributed by atoms with Crippen molar-refractivity contribution in [3.8, 4) is 0 Å². The molecule has 3 rings (SSSR count). The molecule has 1 saturated heterocycles. The normalized spacial score (nSPS) is 29.5. The molecule has 4 nitrogen and oxygen atoms in total. The van der Waals surface area contributed by atoms with Crippen molar-refractivity contribution in [2.24, 2.45) is 5.73 Å². The van der Waals surface area contributed by atoms with Crippen LogP contribution in [0.5, 0.6) is 0 Å². The van der Waals surface area contributed by atoms with E-state index in [0.29, 0.717) is 18.7 Å². The molecule has 1 aromatic heterocycles. The molecule has 1 aromatic rings. The average molecular weight is 236 g/mol. The van der Waals surface area contributed by atoms with Crippen LogP contribution in [-0.4, -0.2) is 30.2 Å². The summed E-state index contributed by atoms with van der Waals surface area (Å²) in [6, 6.07) is 4.61. The van der Waals surface area contributed by atoms with Gasteiger partial charge in [0.25, 0.3) is 0 Å². The number of rotatable bonds is 3. The van der Waals surface area contributed by atoms with E-state index in [9.17, 15) is 0 Å². The number of furan rings is 1. The molecule has 2 atom stereocenters. The third-order valence-electron chi connectivity index (χ3n) is 3.87.